The Bertz CT molecular complexity index is 2010. The first-order valence-electron chi connectivity index (χ1n) is 18.1. The Kier molecular flexibility index (Phi) is 6.58. The monoisotopic (exact) mass is 602 g/mol. The molecule has 0 heteroatoms. The Balaban J connectivity index is 1.47. The summed E-state index contributed by atoms with van der Waals surface area (Å²) in [6.07, 6.45) is 11.3. The van der Waals surface area contributed by atoms with Crippen molar-refractivity contribution in [3.63, 3.8) is 0 Å². The Morgan fingerprint density at radius 3 is 1.98 bits per heavy atom. The first kappa shape index (κ1) is 29.7. The van der Waals surface area contributed by atoms with E-state index in [1.807, 2.05) is 0 Å². The third kappa shape index (κ3) is 3.68. The SMILES string of the molecule is CCC(CC)C1=CC2(CC(C(CC)CC)=C1)c1ccc3c(c1-c1ccc4ccccc4c12)C(C)(C)C1=C3C(C)(C)c2ccccc21. The molecule has 0 amide bonds. The summed E-state index contributed by atoms with van der Waals surface area (Å²) in [4.78, 5) is 0. The van der Waals surface area contributed by atoms with Crippen LogP contribution in [0.3, 0.4) is 0 Å². The van der Waals surface area contributed by atoms with E-state index in [4.69, 9.17) is 0 Å². The molecule has 46 heavy (non-hydrogen) atoms. The average Bonchev–Trinajstić information content (AvgIpc) is 3.58. The van der Waals surface area contributed by atoms with Crippen molar-refractivity contribution in [2.45, 2.75) is 104 Å². The van der Waals surface area contributed by atoms with Gasteiger partial charge in [0.05, 0.1) is 0 Å². The molecule has 0 saturated carbocycles. The molecule has 4 aromatic carbocycles. The van der Waals surface area contributed by atoms with Crippen LogP contribution in [0.4, 0.5) is 0 Å². The Hall–Kier alpha value is -3.64. The molecular weight excluding hydrogens is 553 g/mol. The number of fused-ring (bicyclic) bond motifs is 12. The van der Waals surface area contributed by atoms with Crippen molar-refractivity contribution in [3.8, 4) is 11.1 Å². The van der Waals surface area contributed by atoms with E-state index < -0.39 is 0 Å². The van der Waals surface area contributed by atoms with Gasteiger partial charge in [-0.2, -0.15) is 0 Å². The summed E-state index contributed by atoms with van der Waals surface area (Å²) in [7, 11) is 0. The van der Waals surface area contributed by atoms with Gasteiger partial charge in [-0.15, -0.1) is 0 Å². The molecule has 0 saturated heterocycles. The number of hydrogen-bond acceptors (Lipinski definition) is 0. The summed E-state index contributed by atoms with van der Waals surface area (Å²) in [6, 6.07) is 28.4. The second-order valence-corrected chi connectivity index (χ2v) is 15.7. The van der Waals surface area contributed by atoms with Crippen LogP contribution in [0.25, 0.3) is 33.0 Å². The lowest BCUT2D eigenvalue weighted by molar-refractivity contribution is 0.491. The molecule has 4 aromatic rings. The highest BCUT2D eigenvalue weighted by Gasteiger charge is 2.54. The highest BCUT2D eigenvalue weighted by Crippen LogP contribution is 2.67. The zero-order valence-electron chi connectivity index (χ0n) is 29.3. The number of hydrogen-bond donors (Lipinski definition) is 0. The van der Waals surface area contributed by atoms with Gasteiger partial charge in [-0.05, 0) is 116 Å². The average molecular weight is 603 g/mol. The van der Waals surface area contributed by atoms with Gasteiger partial charge in [-0.1, -0.05) is 146 Å². The molecule has 0 bridgehead atoms. The Morgan fingerprint density at radius 1 is 0.587 bits per heavy atom. The van der Waals surface area contributed by atoms with Crippen LogP contribution < -0.4 is 0 Å². The minimum Gasteiger partial charge on any atom is -0.0657 e. The van der Waals surface area contributed by atoms with Gasteiger partial charge in [0.15, 0.2) is 0 Å². The van der Waals surface area contributed by atoms with Gasteiger partial charge in [-0.3, -0.25) is 0 Å². The molecule has 0 N–H and O–H groups in total. The first-order chi connectivity index (χ1) is 22.1. The van der Waals surface area contributed by atoms with Gasteiger partial charge in [0, 0.05) is 16.2 Å². The van der Waals surface area contributed by atoms with Crippen molar-refractivity contribution in [1.82, 2.24) is 0 Å². The first-order valence-corrected chi connectivity index (χ1v) is 18.1. The quantitative estimate of drug-likeness (QED) is 0.206. The minimum atomic E-state index is -0.165. The maximum absolute atomic E-state index is 2.77. The smallest absolute Gasteiger partial charge is 0.0443 e. The maximum atomic E-state index is 2.77. The van der Waals surface area contributed by atoms with Crippen LogP contribution in [-0.2, 0) is 16.2 Å². The normalized spacial score (nSPS) is 21.4. The van der Waals surface area contributed by atoms with E-state index >= 15 is 0 Å². The lowest BCUT2D eigenvalue weighted by Crippen LogP contribution is -2.30. The van der Waals surface area contributed by atoms with E-state index in [0.717, 1.165) is 6.42 Å². The van der Waals surface area contributed by atoms with Gasteiger partial charge in [0.1, 0.15) is 0 Å². The fourth-order valence-electron chi connectivity index (χ4n) is 10.6. The lowest BCUT2D eigenvalue weighted by Gasteiger charge is -2.39. The van der Waals surface area contributed by atoms with Crippen LogP contribution in [0.5, 0.6) is 0 Å². The largest absolute Gasteiger partial charge is 0.0657 e. The molecular formula is C46H50. The van der Waals surface area contributed by atoms with E-state index in [0.29, 0.717) is 11.8 Å². The van der Waals surface area contributed by atoms with Crippen molar-refractivity contribution in [2.75, 3.05) is 0 Å². The van der Waals surface area contributed by atoms with Crippen LogP contribution in [0.15, 0.2) is 96.1 Å². The standard InChI is InChI=1S/C46H50/c1-9-28(10-2)31-25-32(29(11-3)12-4)27-46(26-31)38-24-23-36-41(39(38)35-22-21-30-17-13-14-18-33(30)40(35)46)45(7,8)42-34-19-15-16-20-37(34)44(5,6)43(36)42/h13-26,28-29H,9-12,27H2,1-8H3. The summed E-state index contributed by atoms with van der Waals surface area (Å²) >= 11 is 0. The molecule has 1 unspecified atom stereocenters. The van der Waals surface area contributed by atoms with E-state index in [2.05, 4.69) is 140 Å². The van der Waals surface area contributed by atoms with E-state index in [-0.39, 0.29) is 16.2 Å². The zero-order valence-corrected chi connectivity index (χ0v) is 29.3. The Morgan fingerprint density at radius 2 is 1.24 bits per heavy atom. The summed E-state index contributed by atoms with van der Waals surface area (Å²) in [5.74, 6) is 1.20. The van der Waals surface area contributed by atoms with Crippen LogP contribution >= 0.6 is 0 Å². The summed E-state index contributed by atoms with van der Waals surface area (Å²) < 4.78 is 0. The molecule has 0 nitrogen and oxygen atoms in total. The van der Waals surface area contributed by atoms with Crippen LogP contribution in [0.2, 0.25) is 0 Å². The molecule has 0 aliphatic heterocycles. The highest BCUT2D eigenvalue weighted by atomic mass is 14.6. The van der Waals surface area contributed by atoms with Crippen LogP contribution in [-0.4, -0.2) is 0 Å². The number of allylic oxidation sites excluding steroid dienone is 6. The molecule has 4 aliphatic carbocycles. The van der Waals surface area contributed by atoms with Gasteiger partial charge in [0.25, 0.3) is 0 Å². The molecule has 8 rings (SSSR count). The van der Waals surface area contributed by atoms with Crippen molar-refractivity contribution in [3.05, 3.63) is 129 Å². The van der Waals surface area contributed by atoms with Crippen LogP contribution in [0.1, 0.15) is 121 Å². The second kappa shape index (κ2) is 10.2. The molecule has 4 aliphatic rings. The van der Waals surface area contributed by atoms with Crippen molar-refractivity contribution in [2.24, 2.45) is 11.8 Å². The summed E-state index contributed by atoms with van der Waals surface area (Å²) in [6.45, 7) is 19.5. The molecule has 0 aromatic heterocycles. The predicted molar refractivity (Wildman–Crippen MR) is 198 cm³/mol. The molecule has 0 radical (unpaired) electrons. The van der Waals surface area contributed by atoms with E-state index in [1.165, 1.54) is 69.8 Å². The fourth-order valence-corrected chi connectivity index (χ4v) is 10.6. The third-order valence-electron chi connectivity index (χ3n) is 12.8. The van der Waals surface area contributed by atoms with Crippen molar-refractivity contribution in [1.29, 1.82) is 0 Å². The predicted octanol–water partition coefficient (Wildman–Crippen LogP) is 12.7. The van der Waals surface area contributed by atoms with Crippen molar-refractivity contribution < 1.29 is 0 Å². The number of rotatable bonds is 6. The minimum absolute atomic E-state index is 0.0239. The summed E-state index contributed by atoms with van der Waals surface area (Å²) in [5, 5.41) is 2.79. The maximum Gasteiger partial charge on any atom is 0.0443 e. The van der Waals surface area contributed by atoms with Gasteiger partial charge in [0.2, 0.25) is 0 Å². The number of benzene rings is 4. The van der Waals surface area contributed by atoms with Crippen LogP contribution in [0, 0.1) is 11.8 Å². The molecule has 234 valence electrons. The molecule has 1 atom stereocenters. The lowest BCUT2D eigenvalue weighted by atomic mass is 9.64. The van der Waals surface area contributed by atoms with E-state index in [9.17, 15) is 0 Å². The third-order valence-corrected chi connectivity index (χ3v) is 12.8. The molecule has 1 spiro atoms. The van der Waals surface area contributed by atoms with Gasteiger partial charge in [-0.25, -0.2) is 0 Å². The van der Waals surface area contributed by atoms with Gasteiger partial charge < -0.3 is 0 Å². The summed E-state index contributed by atoms with van der Waals surface area (Å²) in [5.41, 5.74) is 18.1. The highest BCUT2D eigenvalue weighted by molar-refractivity contribution is 6.12. The Labute approximate surface area is 277 Å². The second-order valence-electron chi connectivity index (χ2n) is 15.7. The van der Waals surface area contributed by atoms with Gasteiger partial charge >= 0.3 is 0 Å². The van der Waals surface area contributed by atoms with Crippen molar-refractivity contribution >= 4 is 21.9 Å². The topological polar surface area (TPSA) is 0 Å². The van der Waals surface area contributed by atoms with E-state index in [1.54, 1.807) is 33.4 Å². The molecule has 0 fully saturated rings. The zero-order chi connectivity index (χ0) is 32.2. The molecule has 0 heterocycles. The fraction of sp³-hybridized carbons (Fsp3) is 0.391.